The van der Waals surface area contributed by atoms with Gasteiger partial charge in [-0.05, 0) is 24.9 Å². The zero-order chi connectivity index (χ0) is 26.4. The van der Waals surface area contributed by atoms with Crippen molar-refractivity contribution in [2.24, 2.45) is 11.5 Å². The molecule has 194 valence electrons. The molecule has 1 rings (SSSR count). The van der Waals surface area contributed by atoms with Crippen molar-refractivity contribution in [3.05, 3.63) is 35.9 Å². The molecule has 0 aliphatic carbocycles. The average Bonchev–Trinajstić information content (AvgIpc) is 2.81. The molecule has 0 heterocycles. The summed E-state index contributed by atoms with van der Waals surface area (Å²) in [4.78, 5) is 60.7. The molecule has 1 aromatic rings. The fraction of sp³-hybridized carbons (Fsp3) is 0.500. The summed E-state index contributed by atoms with van der Waals surface area (Å²) in [6.45, 7) is 0.455. The lowest BCUT2D eigenvalue weighted by atomic mass is 10.0. The Morgan fingerprint density at radius 2 is 1.43 bits per heavy atom. The molecule has 0 aromatic heterocycles. The Morgan fingerprint density at radius 1 is 0.857 bits per heavy atom. The summed E-state index contributed by atoms with van der Waals surface area (Å²) in [5, 5.41) is 25.3. The van der Waals surface area contributed by atoms with E-state index in [9.17, 15) is 29.1 Å². The number of unbranched alkanes of at least 4 members (excludes halogenated alkanes) is 1. The van der Waals surface area contributed by atoms with Crippen LogP contribution in [0.15, 0.2) is 30.3 Å². The van der Waals surface area contributed by atoms with Crippen LogP contribution in [0.25, 0.3) is 0 Å². The van der Waals surface area contributed by atoms with Crippen LogP contribution in [-0.4, -0.2) is 76.3 Å². The minimum atomic E-state index is -1.59. The highest BCUT2D eigenvalue weighted by Gasteiger charge is 2.31. The number of carbonyl (C=O) groups excluding carboxylic acids is 3. The van der Waals surface area contributed by atoms with E-state index in [1.807, 2.05) is 0 Å². The molecule has 0 saturated heterocycles. The van der Waals surface area contributed by atoms with E-state index in [4.69, 9.17) is 16.6 Å². The van der Waals surface area contributed by atoms with Gasteiger partial charge in [0, 0.05) is 12.2 Å². The third-order valence-electron chi connectivity index (χ3n) is 5.03. The zero-order valence-electron chi connectivity index (χ0n) is 19.2. The molecule has 4 unspecified atom stereocenters. The number of benzene rings is 1. The number of carbonyl (C=O) groups is 5. The number of carboxylic acid groups (broad SMARTS) is 2. The fourth-order valence-corrected chi connectivity index (χ4v) is 3.34. The van der Waals surface area contributed by atoms with E-state index in [1.54, 1.807) is 30.3 Å². The molecule has 13 heteroatoms. The minimum absolute atomic E-state index is 0.0454. The highest BCUT2D eigenvalue weighted by Crippen LogP contribution is 2.07. The number of rotatable bonds is 16. The molecular formula is C22H33N5O7S. The van der Waals surface area contributed by atoms with Gasteiger partial charge in [0.15, 0.2) is 0 Å². The Kier molecular flexibility index (Phi) is 13.4. The number of hydrogen-bond acceptors (Lipinski definition) is 8. The van der Waals surface area contributed by atoms with Gasteiger partial charge in [-0.1, -0.05) is 36.8 Å². The molecule has 0 aliphatic rings. The normalized spacial score (nSPS) is 14.1. The molecule has 0 aliphatic heterocycles. The maximum atomic E-state index is 13.1. The first kappa shape index (κ1) is 29.9. The van der Waals surface area contributed by atoms with E-state index in [0.717, 1.165) is 0 Å². The van der Waals surface area contributed by atoms with Gasteiger partial charge in [0.05, 0.1) is 12.5 Å². The van der Waals surface area contributed by atoms with Crippen LogP contribution in [0, 0.1) is 0 Å². The van der Waals surface area contributed by atoms with Crippen LogP contribution in [0.3, 0.4) is 0 Å². The Hall–Kier alpha value is -3.16. The van der Waals surface area contributed by atoms with Crippen LogP contribution in [-0.2, 0) is 30.4 Å². The Bertz CT molecular complexity index is 871. The van der Waals surface area contributed by atoms with Crippen LogP contribution in [0.1, 0.15) is 31.2 Å². The smallest absolute Gasteiger partial charge is 0.327 e. The second kappa shape index (κ2) is 15.7. The molecule has 0 spiro atoms. The molecule has 35 heavy (non-hydrogen) atoms. The predicted molar refractivity (Wildman–Crippen MR) is 131 cm³/mol. The molecule has 12 nitrogen and oxygen atoms in total. The highest BCUT2D eigenvalue weighted by molar-refractivity contribution is 7.80. The summed E-state index contributed by atoms with van der Waals surface area (Å²) in [5.41, 5.74) is 12.1. The summed E-state index contributed by atoms with van der Waals surface area (Å²) < 4.78 is 0. The van der Waals surface area contributed by atoms with E-state index in [-0.39, 0.29) is 12.2 Å². The van der Waals surface area contributed by atoms with Crippen molar-refractivity contribution in [2.45, 2.75) is 56.3 Å². The SMILES string of the molecule is NCCCCC(N)C(=O)NC(Cc1ccccc1)C(=O)NC(CC(=O)O)C(=O)NC(CS)C(=O)O. The van der Waals surface area contributed by atoms with E-state index < -0.39 is 60.2 Å². The Morgan fingerprint density at radius 3 is 1.97 bits per heavy atom. The largest absolute Gasteiger partial charge is 0.481 e. The standard InChI is InChI=1S/C22H33N5O7S/c23-9-5-4-8-14(24)19(30)25-15(10-13-6-2-1-3-7-13)20(31)26-16(11-18(28)29)21(32)27-17(12-35)22(33)34/h1-3,6-7,14-17,35H,4-5,8-12,23-24H2,(H,25,30)(H,26,31)(H,27,32)(H,28,29)(H,33,34). The van der Waals surface area contributed by atoms with Crippen LogP contribution < -0.4 is 27.4 Å². The maximum absolute atomic E-state index is 13.1. The first-order valence-corrected chi connectivity index (χ1v) is 11.7. The number of thiol groups is 1. The van der Waals surface area contributed by atoms with E-state index in [2.05, 4.69) is 28.6 Å². The summed E-state index contributed by atoms with van der Waals surface area (Å²) in [7, 11) is 0. The van der Waals surface area contributed by atoms with Crippen molar-refractivity contribution < 1.29 is 34.2 Å². The molecule has 3 amide bonds. The summed E-state index contributed by atoms with van der Waals surface area (Å²) in [5.74, 6) is -5.43. The lowest BCUT2D eigenvalue weighted by Crippen LogP contribution is -2.58. The van der Waals surface area contributed by atoms with Gasteiger partial charge in [-0.3, -0.25) is 19.2 Å². The fourth-order valence-electron chi connectivity index (χ4n) is 3.09. The molecular weight excluding hydrogens is 478 g/mol. The van der Waals surface area contributed by atoms with Crippen molar-refractivity contribution in [1.29, 1.82) is 0 Å². The number of aliphatic carboxylic acids is 2. The lowest BCUT2D eigenvalue weighted by molar-refractivity contribution is -0.143. The maximum Gasteiger partial charge on any atom is 0.327 e. The van der Waals surface area contributed by atoms with Crippen molar-refractivity contribution in [1.82, 2.24) is 16.0 Å². The first-order valence-electron chi connectivity index (χ1n) is 11.0. The number of hydrogen-bond donors (Lipinski definition) is 8. The second-order valence-corrected chi connectivity index (χ2v) is 8.25. The van der Waals surface area contributed by atoms with Crippen molar-refractivity contribution in [2.75, 3.05) is 12.3 Å². The van der Waals surface area contributed by atoms with Crippen molar-refractivity contribution >= 4 is 42.3 Å². The third kappa shape index (κ3) is 11.2. The Labute approximate surface area is 208 Å². The lowest BCUT2D eigenvalue weighted by Gasteiger charge is -2.24. The summed E-state index contributed by atoms with van der Waals surface area (Å²) >= 11 is 3.85. The van der Waals surface area contributed by atoms with Gasteiger partial charge >= 0.3 is 11.9 Å². The van der Waals surface area contributed by atoms with E-state index in [0.29, 0.717) is 31.4 Å². The number of carboxylic acids is 2. The molecule has 9 N–H and O–H groups in total. The minimum Gasteiger partial charge on any atom is -0.481 e. The van der Waals surface area contributed by atoms with Gasteiger partial charge in [0.1, 0.15) is 18.1 Å². The van der Waals surface area contributed by atoms with Gasteiger partial charge in [-0.25, -0.2) is 4.79 Å². The summed E-state index contributed by atoms with van der Waals surface area (Å²) in [6.07, 6.45) is 0.903. The van der Waals surface area contributed by atoms with Gasteiger partial charge in [-0.15, -0.1) is 0 Å². The highest BCUT2D eigenvalue weighted by atomic mass is 32.1. The molecule has 0 fully saturated rings. The van der Waals surface area contributed by atoms with Crippen LogP contribution in [0.2, 0.25) is 0 Å². The van der Waals surface area contributed by atoms with Crippen LogP contribution >= 0.6 is 12.6 Å². The van der Waals surface area contributed by atoms with E-state index >= 15 is 0 Å². The Balaban J connectivity index is 3.04. The molecule has 0 bridgehead atoms. The molecule has 0 saturated carbocycles. The third-order valence-corrected chi connectivity index (χ3v) is 5.40. The van der Waals surface area contributed by atoms with Gasteiger partial charge < -0.3 is 37.6 Å². The van der Waals surface area contributed by atoms with Gasteiger partial charge in [0.25, 0.3) is 0 Å². The monoisotopic (exact) mass is 511 g/mol. The zero-order valence-corrected chi connectivity index (χ0v) is 20.1. The topological polar surface area (TPSA) is 214 Å². The molecule has 1 aromatic carbocycles. The van der Waals surface area contributed by atoms with Gasteiger partial charge in [0.2, 0.25) is 17.7 Å². The average molecular weight is 512 g/mol. The first-order chi connectivity index (χ1) is 16.6. The van der Waals surface area contributed by atoms with Crippen molar-refractivity contribution in [3.8, 4) is 0 Å². The predicted octanol–water partition coefficient (Wildman–Crippen LogP) is -1.37. The number of nitrogens with one attached hydrogen (secondary N) is 3. The van der Waals surface area contributed by atoms with Crippen molar-refractivity contribution in [3.63, 3.8) is 0 Å². The van der Waals surface area contributed by atoms with Crippen LogP contribution in [0.5, 0.6) is 0 Å². The summed E-state index contributed by atoms with van der Waals surface area (Å²) in [6, 6.07) is 3.70. The number of amides is 3. The van der Waals surface area contributed by atoms with E-state index in [1.165, 1.54) is 0 Å². The van der Waals surface area contributed by atoms with Crippen LogP contribution in [0.4, 0.5) is 0 Å². The molecule has 4 atom stereocenters. The van der Waals surface area contributed by atoms with Gasteiger partial charge in [-0.2, -0.15) is 12.6 Å². The molecule has 0 radical (unpaired) electrons. The quantitative estimate of drug-likeness (QED) is 0.0969. The number of nitrogens with two attached hydrogens (primary N) is 2. The second-order valence-electron chi connectivity index (χ2n) is 7.88.